The fourth-order valence-electron chi connectivity index (χ4n) is 0.626. The first kappa shape index (κ1) is 14.0. The number of unbranched alkanes of at least 4 members (excludes halogenated alkanes) is 2. The van der Waals surface area contributed by atoms with E-state index in [0.717, 1.165) is 6.42 Å². The molecule has 0 aliphatic heterocycles. The Hall–Kier alpha value is 1.49. The van der Waals surface area contributed by atoms with Gasteiger partial charge >= 0.3 is 58.4 Å². The maximum atomic E-state index is 11.4. The fraction of sp³-hybridized carbons (Fsp3) is 1.00. The first-order valence-electron chi connectivity index (χ1n) is 3.27. The monoisotopic (exact) mass is 178 g/mol. The van der Waals surface area contributed by atoms with Crippen LogP contribution in [-0.4, -0.2) is 6.98 Å². The maximum absolute atomic E-state index is 11.4. The van der Waals surface area contributed by atoms with Crippen LogP contribution < -0.4 is 51.4 Å². The zero-order valence-electron chi connectivity index (χ0n) is 6.54. The van der Waals surface area contributed by atoms with E-state index in [4.69, 9.17) is 0 Å². The molecule has 0 atom stereocenters. The van der Waals surface area contributed by atoms with Gasteiger partial charge in [-0.05, 0) is 0 Å². The van der Waals surface area contributed by atoms with Crippen molar-refractivity contribution in [3.05, 3.63) is 0 Å². The van der Waals surface area contributed by atoms with E-state index in [1.807, 2.05) is 6.92 Å². The van der Waals surface area contributed by atoms with Crippen LogP contribution in [0, 0.1) is 0 Å². The minimum atomic E-state index is -4.51. The zero-order valence-corrected chi connectivity index (χ0v) is 9.66. The van der Waals surface area contributed by atoms with Gasteiger partial charge < -0.3 is 12.9 Å². The molecule has 0 heterocycles. The van der Waals surface area contributed by atoms with Gasteiger partial charge in [-0.15, -0.1) is 0 Å². The average Bonchev–Trinajstić information content (AvgIpc) is 1.63. The summed E-state index contributed by atoms with van der Waals surface area (Å²) in [4.78, 5) is 0. The van der Waals surface area contributed by atoms with Crippen molar-refractivity contribution < 1.29 is 64.3 Å². The molecule has 0 N–H and O–H groups in total. The van der Waals surface area contributed by atoms with Crippen LogP contribution in [-0.2, 0) is 0 Å². The van der Waals surface area contributed by atoms with Crippen molar-refractivity contribution in [2.24, 2.45) is 0 Å². The van der Waals surface area contributed by atoms with Crippen LogP contribution in [0.4, 0.5) is 12.9 Å². The predicted molar refractivity (Wildman–Crippen MR) is 33.4 cm³/mol. The summed E-state index contributed by atoms with van der Waals surface area (Å²) in [5.41, 5.74) is 0. The Labute approximate surface area is 102 Å². The van der Waals surface area contributed by atoms with Gasteiger partial charge in [0.15, 0.2) is 0 Å². The molecule has 0 bridgehead atoms. The molecule has 0 unspecified atom stereocenters. The van der Waals surface area contributed by atoms with Crippen molar-refractivity contribution in [3.63, 3.8) is 0 Å². The molecule has 0 aliphatic rings. The summed E-state index contributed by atoms with van der Waals surface area (Å²) in [6, 6.07) is 0. The molecular formula is C5H11BF3K. The number of rotatable bonds is 4. The van der Waals surface area contributed by atoms with Crippen molar-refractivity contribution in [2.75, 3.05) is 0 Å². The Morgan fingerprint density at radius 2 is 1.60 bits per heavy atom. The van der Waals surface area contributed by atoms with Crippen LogP contribution in [0.2, 0.25) is 6.32 Å². The van der Waals surface area contributed by atoms with Crippen LogP contribution >= 0.6 is 0 Å². The SMILES string of the molecule is CCCCC[B-](F)(F)F.[K+]. The van der Waals surface area contributed by atoms with E-state index in [2.05, 4.69) is 0 Å². The predicted octanol–water partition coefficient (Wildman–Crippen LogP) is 0.0280. The molecule has 0 saturated heterocycles. The van der Waals surface area contributed by atoms with E-state index >= 15 is 0 Å². The summed E-state index contributed by atoms with van der Waals surface area (Å²) in [5, 5.41) is 0. The van der Waals surface area contributed by atoms with Crippen molar-refractivity contribution in [3.8, 4) is 0 Å². The van der Waals surface area contributed by atoms with Gasteiger partial charge in [0, 0.05) is 0 Å². The molecule has 0 saturated carbocycles. The molecule has 56 valence electrons. The van der Waals surface area contributed by atoms with E-state index in [9.17, 15) is 12.9 Å². The minimum Gasteiger partial charge on any atom is -0.449 e. The van der Waals surface area contributed by atoms with Gasteiger partial charge in [-0.25, -0.2) is 0 Å². The Kier molecular flexibility index (Phi) is 10.0. The second-order valence-electron chi connectivity index (χ2n) is 2.21. The summed E-state index contributed by atoms with van der Waals surface area (Å²) in [5.74, 6) is 0. The molecule has 0 amide bonds. The topological polar surface area (TPSA) is 0 Å². The van der Waals surface area contributed by atoms with Gasteiger partial charge in [0.25, 0.3) is 0 Å². The molecule has 0 aliphatic carbocycles. The van der Waals surface area contributed by atoms with E-state index in [1.165, 1.54) is 0 Å². The van der Waals surface area contributed by atoms with E-state index in [-0.39, 0.29) is 51.4 Å². The molecular weight excluding hydrogens is 167 g/mol. The number of hydrogen-bond acceptors (Lipinski definition) is 0. The quantitative estimate of drug-likeness (QED) is 0.420. The normalized spacial score (nSPS) is 10.8. The minimum absolute atomic E-state index is 0. The smallest absolute Gasteiger partial charge is 0.449 e. The summed E-state index contributed by atoms with van der Waals surface area (Å²) in [6.07, 6.45) is 1.29. The summed E-state index contributed by atoms with van der Waals surface area (Å²) in [6.45, 7) is -2.62. The van der Waals surface area contributed by atoms with Gasteiger partial charge in [0.05, 0.1) is 0 Å². The second kappa shape index (κ2) is 7.16. The molecule has 0 rings (SSSR count). The molecule has 0 nitrogen and oxygen atoms in total. The molecule has 0 spiro atoms. The molecule has 5 heteroatoms. The third-order valence-corrected chi connectivity index (χ3v) is 1.14. The number of halogens is 3. The third-order valence-electron chi connectivity index (χ3n) is 1.14. The summed E-state index contributed by atoms with van der Waals surface area (Å²) < 4.78 is 34.3. The Morgan fingerprint density at radius 3 is 1.90 bits per heavy atom. The van der Waals surface area contributed by atoms with E-state index in [0.29, 0.717) is 12.8 Å². The Balaban J connectivity index is 0. The van der Waals surface area contributed by atoms with Crippen molar-refractivity contribution >= 4 is 6.98 Å². The number of hydrogen-bond donors (Lipinski definition) is 0. The standard InChI is InChI=1S/C5H11BF3.K/c1-2-3-4-5-6(7,8)9;/h2-5H2,1H3;/q-1;+1. The van der Waals surface area contributed by atoms with Crippen LogP contribution in [0.5, 0.6) is 0 Å². The van der Waals surface area contributed by atoms with Gasteiger partial charge in [-0.2, -0.15) is 0 Å². The molecule has 0 aromatic rings. The van der Waals surface area contributed by atoms with Gasteiger partial charge in [-0.3, -0.25) is 0 Å². The maximum Gasteiger partial charge on any atom is 1.00 e. The van der Waals surface area contributed by atoms with Crippen molar-refractivity contribution in [1.29, 1.82) is 0 Å². The first-order chi connectivity index (χ1) is 4.06. The van der Waals surface area contributed by atoms with Gasteiger partial charge in [-0.1, -0.05) is 32.5 Å². The fourth-order valence-corrected chi connectivity index (χ4v) is 0.626. The zero-order chi connectivity index (χ0) is 7.33. The molecule has 0 aromatic heterocycles. The summed E-state index contributed by atoms with van der Waals surface area (Å²) in [7, 11) is 0. The Bertz CT molecular complexity index is 73.8. The summed E-state index contributed by atoms with van der Waals surface area (Å²) >= 11 is 0. The molecule has 10 heavy (non-hydrogen) atoms. The Morgan fingerprint density at radius 1 is 1.10 bits per heavy atom. The van der Waals surface area contributed by atoms with E-state index in [1.54, 1.807) is 0 Å². The van der Waals surface area contributed by atoms with Crippen LogP contribution in [0.3, 0.4) is 0 Å². The van der Waals surface area contributed by atoms with Gasteiger partial charge in [0.1, 0.15) is 0 Å². The van der Waals surface area contributed by atoms with Gasteiger partial charge in [0.2, 0.25) is 0 Å². The third kappa shape index (κ3) is 12.2. The second-order valence-corrected chi connectivity index (χ2v) is 2.21. The van der Waals surface area contributed by atoms with Crippen LogP contribution in [0.15, 0.2) is 0 Å². The molecule has 0 radical (unpaired) electrons. The van der Waals surface area contributed by atoms with Crippen molar-refractivity contribution in [2.45, 2.75) is 32.5 Å². The van der Waals surface area contributed by atoms with Crippen LogP contribution in [0.25, 0.3) is 0 Å². The molecule has 0 aromatic carbocycles. The van der Waals surface area contributed by atoms with Crippen molar-refractivity contribution in [1.82, 2.24) is 0 Å². The largest absolute Gasteiger partial charge is 1.00 e. The molecule has 0 fully saturated rings. The first-order valence-corrected chi connectivity index (χ1v) is 3.27. The van der Waals surface area contributed by atoms with Crippen LogP contribution in [0.1, 0.15) is 26.2 Å². The average molecular weight is 178 g/mol. The van der Waals surface area contributed by atoms with E-state index < -0.39 is 13.3 Å².